The molecule has 1 N–H and O–H groups in total. The molecule has 0 heterocycles. The van der Waals surface area contributed by atoms with Crippen molar-refractivity contribution in [2.75, 3.05) is 6.61 Å². The first-order valence-electron chi connectivity index (χ1n) is 10.6. The van der Waals surface area contributed by atoms with Gasteiger partial charge in [-0.25, -0.2) is 4.79 Å². The minimum Gasteiger partial charge on any atom is -0.441 e. The van der Waals surface area contributed by atoms with E-state index in [9.17, 15) is 4.79 Å². The lowest BCUT2D eigenvalue weighted by atomic mass is 9.87. The zero-order valence-electron chi connectivity index (χ0n) is 18.0. The summed E-state index contributed by atoms with van der Waals surface area (Å²) in [6.45, 7) is 8.63. The normalized spacial score (nSPS) is 16.4. The van der Waals surface area contributed by atoms with Gasteiger partial charge in [-0.3, -0.25) is 0 Å². The van der Waals surface area contributed by atoms with Crippen molar-refractivity contribution in [3.63, 3.8) is 0 Å². The molecule has 3 rings (SSSR count). The molecule has 1 aliphatic rings. The van der Waals surface area contributed by atoms with Crippen molar-refractivity contribution in [3.8, 4) is 0 Å². The van der Waals surface area contributed by atoms with Crippen LogP contribution < -0.4 is 5.32 Å². The van der Waals surface area contributed by atoms with Crippen molar-refractivity contribution in [3.05, 3.63) is 70.8 Å². The smallest absolute Gasteiger partial charge is 0.408 e. The summed E-state index contributed by atoms with van der Waals surface area (Å²) in [5.74, 6) is 0. The maximum Gasteiger partial charge on any atom is 0.408 e. The maximum absolute atomic E-state index is 12.8. The molecule has 0 bridgehead atoms. The molecule has 0 fully saturated rings. The Kier molecular flexibility index (Phi) is 6.96. The largest absolute Gasteiger partial charge is 0.441 e. The Bertz CT molecular complexity index is 828. The molecule has 2 aromatic carbocycles. The van der Waals surface area contributed by atoms with Crippen molar-refractivity contribution in [1.29, 1.82) is 0 Å². The van der Waals surface area contributed by atoms with Crippen molar-refractivity contribution in [2.24, 2.45) is 0 Å². The molecule has 1 unspecified atom stereocenters. The average Bonchev–Trinajstić information content (AvgIpc) is 2.64. The number of hydrogen-bond acceptors (Lipinski definition) is 3. The minimum absolute atomic E-state index is 0.184. The first kappa shape index (κ1) is 21.4. The number of carbonyl (C=O) groups is 1. The van der Waals surface area contributed by atoms with Gasteiger partial charge in [-0.1, -0.05) is 48.5 Å². The van der Waals surface area contributed by atoms with Gasteiger partial charge in [-0.2, -0.15) is 0 Å². The molecule has 2 aromatic rings. The number of rotatable bonds is 6. The standard InChI is InChI=1S/C25H33NO3/c1-18(2)28-16-15-25(3,4)26-24(27)29-23-17-21-11-6-5-9-19(21)13-14-20-10-7-8-12-22(20)23/h5-12,18,23H,13-17H2,1-4H3,(H,26,27). The molecule has 1 atom stereocenters. The number of benzene rings is 2. The van der Waals surface area contributed by atoms with E-state index in [0.29, 0.717) is 13.0 Å². The molecule has 4 heteroatoms. The van der Waals surface area contributed by atoms with E-state index in [2.05, 4.69) is 47.8 Å². The van der Waals surface area contributed by atoms with Crippen molar-refractivity contribution >= 4 is 6.09 Å². The second-order valence-corrected chi connectivity index (χ2v) is 8.74. The summed E-state index contributed by atoms with van der Waals surface area (Å²) in [5.41, 5.74) is 4.56. The summed E-state index contributed by atoms with van der Waals surface area (Å²) >= 11 is 0. The molecule has 1 amide bonds. The quantitative estimate of drug-likeness (QED) is 0.713. The first-order chi connectivity index (χ1) is 13.8. The number of hydrogen-bond donors (Lipinski definition) is 1. The highest BCUT2D eigenvalue weighted by Crippen LogP contribution is 2.31. The number of fused-ring (bicyclic) bond motifs is 2. The summed E-state index contributed by atoms with van der Waals surface area (Å²) in [6, 6.07) is 16.8. The van der Waals surface area contributed by atoms with Crippen molar-refractivity contribution in [2.45, 2.75) is 71.1 Å². The fourth-order valence-corrected chi connectivity index (χ4v) is 3.81. The summed E-state index contributed by atoms with van der Waals surface area (Å²) in [6.07, 6.45) is 2.89. The molecule has 29 heavy (non-hydrogen) atoms. The van der Waals surface area contributed by atoms with Crippen LogP contribution in [0.2, 0.25) is 0 Å². The molecule has 0 spiro atoms. The summed E-state index contributed by atoms with van der Waals surface area (Å²) in [7, 11) is 0. The van der Waals surface area contributed by atoms with E-state index < -0.39 is 5.54 Å². The second kappa shape index (κ2) is 9.45. The van der Waals surface area contributed by atoms with Gasteiger partial charge >= 0.3 is 6.09 Å². The number of amides is 1. The van der Waals surface area contributed by atoms with Gasteiger partial charge in [0.2, 0.25) is 0 Å². The molecule has 156 valence electrons. The van der Waals surface area contributed by atoms with Crippen LogP contribution in [0.15, 0.2) is 48.5 Å². The lowest BCUT2D eigenvalue weighted by Crippen LogP contribution is -2.45. The SMILES string of the molecule is CC(C)OCCC(C)(C)NC(=O)OC1Cc2ccccc2CCc2ccccc21. The van der Waals surface area contributed by atoms with Gasteiger partial charge in [0.25, 0.3) is 0 Å². The van der Waals surface area contributed by atoms with Gasteiger partial charge in [0.05, 0.1) is 6.10 Å². The molecule has 1 aliphatic carbocycles. The molecular formula is C25H33NO3. The molecule has 4 nitrogen and oxygen atoms in total. The molecule has 0 aliphatic heterocycles. The zero-order chi connectivity index (χ0) is 20.9. The number of ether oxygens (including phenoxy) is 2. The molecular weight excluding hydrogens is 362 g/mol. The van der Waals surface area contributed by atoms with Crippen LogP contribution in [0, 0.1) is 0 Å². The Morgan fingerprint density at radius 2 is 1.66 bits per heavy atom. The van der Waals surface area contributed by atoms with Crippen molar-refractivity contribution in [1.82, 2.24) is 5.32 Å². The minimum atomic E-state index is -0.398. The topological polar surface area (TPSA) is 47.6 Å². The van der Waals surface area contributed by atoms with Crippen LogP contribution in [-0.4, -0.2) is 24.3 Å². The number of carbonyl (C=O) groups excluding carboxylic acids is 1. The highest BCUT2D eigenvalue weighted by atomic mass is 16.6. The zero-order valence-corrected chi connectivity index (χ0v) is 18.0. The Balaban J connectivity index is 1.73. The number of alkyl carbamates (subject to hydrolysis) is 1. The Hall–Kier alpha value is -2.33. The van der Waals surface area contributed by atoms with Crippen LogP contribution >= 0.6 is 0 Å². The van der Waals surface area contributed by atoms with E-state index in [1.165, 1.54) is 16.7 Å². The van der Waals surface area contributed by atoms with Crippen LogP contribution in [0.1, 0.15) is 62.5 Å². The lowest BCUT2D eigenvalue weighted by Gasteiger charge is -2.29. The van der Waals surface area contributed by atoms with Crippen LogP contribution in [0.4, 0.5) is 4.79 Å². The third-order valence-corrected chi connectivity index (χ3v) is 5.46. The third kappa shape index (κ3) is 6.07. The van der Waals surface area contributed by atoms with E-state index >= 15 is 0 Å². The summed E-state index contributed by atoms with van der Waals surface area (Å²) < 4.78 is 11.6. The predicted octanol–water partition coefficient (Wildman–Crippen LogP) is 5.39. The average molecular weight is 396 g/mol. The van der Waals surface area contributed by atoms with E-state index in [1.807, 2.05) is 33.8 Å². The van der Waals surface area contributed by atoms with E-state index in [0.717, 1.165) is 24.8 Å². The van der Waals surface area contributed by atoms with Gasteiger partial charge in [-0.05, 0) is 69.2 Å². The molecule has 0 saturated carbocycles. The van der Waals surface area contributed by atoms with Crippen LogP contribution in [0.25, 0.3) is 0 Å². The van der Waals surface area contributed by atoms with Crippen LogP contribution in [0.5, 0.6) is 0 Å². The number of nitrogens with one attached hydrogen (secondary N) is 1. The van der Waals surface area contributed by atoms with Crippen LogP contribution in [-0.2, 0) is 28.7 Å². The van der Waals surface area contributed by atoms with Gasteiger partial charge in [0.1, 0.15) is 6.10 Å². The summed E-state index contributed by atoms with van der Waals surface area (Å²) in [5, 5.41) is 3.03. The Morgan fingerprint density at radius 3 is 2.38 bits per heavy atom. The van der Waals surface area contributed by atoms with Gasteiger partial charge in [-0.15, -0.1) is 0 Å². The molecule has 0 aromatic heterocycles. The van der Waals surface area contributed by atoms with Crippen molar-refractivity contribution < 1.29 is 14.3 Å². The first-order valence-corrected chi connectivity index (χ1v) is 10.6. The van der Waals surface area contributed by atoms with Crippen LogP contribution in [0.3, 0.4) is 0 Å². The van der Waals surface area contributed by atoms with Gasteiger partial charge < -0.3 is 14.8 Å². The Labute approximate surface area is 174 Å². The monoisotopic (exact) mass is 395 g/mol. The molecule has 0 radical (unpaired) electrons. The Morgan fingerprint density at radius 1 is 1.03 bits per heavy atom. The van der Waals surface area contributed by atoms with E-state index in [1.54, 1.807) is 0 Å². The van der Waals surface area contributed by atoms with E-state index in [-0.39, 0.29) is 18.3 Å². The van der Waals surface area contributed by atoms with Gasteiger partial charge in [0.15, 0.2) is 0 Å². The number of aryl methyl sites for hydroxylation is 2. The highest BCUT2D eigenvalue weighted by Gasteiger charge is 2.27. The lowest BCUT2D eigenvalue weighted by molar-refractivity contribution is 0.0578. The third-order valence-electron chi connectivity index (χ3n) is 5.46. The fourth-order valence-electron chi connectivity index (χ4n) is 3.81. The predicted molar refractivity (Wildman–Crippen MR) is 116 cm³/mol. The van der Waals surface area contributed by atoms with E-state index in [4.69, 9.17) is 9.47 Å². The highest BCUT2D eigenvalue weighted by molar-refractivity contribution is 5.68. The molecule has 0 saturated heterocycles. The van der Waals surface area contributed by atoms with Gasteiger partial charge in [0, 0.05) is 18.6 Å². The maximum atomic E-state index is 12.8. The fraction of sp³-hybridized carbons (Fsp3) is 0.480. The second-order valence-electron chi connectivity index (χ2n) is 8.74. The summed E-state index contributed by atoms with van der Waals surface area (Å²) in [4.78, 5) is 12.8.